The molecular formula is C16H16F3N3O2. The molecule has 1 aromatic carbocycles. The van der Waals surface area contributed by atoms with Crippen LogP contribution in [0.2, 0.25) is 0 Å². The summed E-state index contributed by atoms with van der Waals surface area (Å²) < 4.78 is 40.8. The number of halogens is 3. The van der Waals surface area contributed by atoms with Gasteiger partial charge in [0.1, 0.15) is 17.4 Å². The Balaban J connectivity index is 1.89. The van der Waals surface area contributed by atoms with Crippen LogP contribution in [0.4, 0.5) is 19.0 Å². The van der Waals surface area contributed by atoms with Gasteiger partial charge in [-0.05, 0) is 23.8 Å². The van der Waals surface area contributed by atoms with Gasteiger partial charge in [-0.1, -0.05) is 19.1 Å². The molecule has 0 aliphatic rings. The molecule has 0 fully saturated rings. The summed E-state index contributed by atoms with van der Waals surface area (Å²) in [6.45, 7) is 0.559. The van der Waals surface area contributed by atoms with E-state index in [1.54, 1.807) is 24.4 Å². The fraction of sp³-hybridized carbons (Fsp3) is 0.312. The average Bonchev–Trinajstić information content (AvgIpc) is 2.53. The van der Waals surface area contributed by atoms with E-state index < -0.39 is 12.8 Å². The van der Waals surface area contributed by atoms with E-state index in [4.69, 9.17) is 0 Å². The van der Waals surface area contributed by atoms with E-state index >= 15 is 0 Å². The third kappa shape index (κ3) is 5.86. The van der Waals surface area contributed by atoms with Crippen molar-refractivity contribution in [2.24, 2.45) is 0 Å². The molecule has 1 amide bonds. The van der Waals surface area contributed by atoms with Crippen LogP contribution < -0.4 is 10.1 Å². The zero-order valence-corrected chi connectivity index (χ0v) is 12.9. The highest BCUT2D eigenvalue weighted by Crippen LogP contribution is 2.19. The molecule has 0 aliphatic carbocycles. The van der Waals surface area contributed by atoms with E-state index in [0.29, 0.717) is 23.6 Å². The number of aryl methyl sites for hydroxylation is 1. The largest absolute Gasteiger partial charge is 0.484 e. The van der Waals surface area contributed by atoms with Crippen LogP contribution in [-0.4, -0.2) is 28.7 Å². The van der Waals surface area contributed by atoms with Gasteiger partial charge in [-0.25, -0.2) is 9.97 Å². The summed E-state index contributed by atoms with van der Waals surface area (Å²) in [5, 5.41) is 2.65. The predicted molar refractivity (Wildman–Crippen MR) is 81.7 cm³/mol. The van der Waals surface area contributed by atoms with Crippen molar-refractivity contribution >= 4 is 11.7 Å². The number of ether oxygens (including phenoxy) is 1. The average molecular weight is 339 g/mol. The molecule has 0 radical (unpaired) electrons. The molecule has 0 spiro atoms. The number of carbonyl (C=O) groups is 1. The van der Waals surface area contributed by atoms with Crippen LogP contribution in [-0.2, 0) is 17.6 Å². The number of anilines is 1. The number of hydrogen-bond donors (Lipinski definition) is 1. The third-order valence-electron chi connectivity index (χ3n) is 2.98. The zero-order chi connectivity index (χ0) is 17.6. The number of amides is 1. The smallest absolute Gasteiger partial charge is 0.422 e. The number of benzene rings is 1. The van der Waals surface area contributed by atoms with Gasteiger partial charge in [0.15, 0.2) is 6.61 Å². The Morgan fingerprint density at radius 2 is 1.92 bits per heavy atom. The number of alkyl halides is 3. The van der Waals surface area contributed by atoms with Crippen LogP contribution in [0.3, 0.4) is 0 Å². The lowest BCUT2D eigenvalue weighted by molar-refractivity contribution is -0.153. The van der Waals surface area contributed by atoms with E-state index in [1.165, 1.54) is 12.1 Å². The monoisotopic (exact) mass is 339 g/mol. The molecule has 24 heavy (non-hydrogen) atoms. The Bertz CT molecular complexity index is 688. The Hall–Kier alpha value is -2.64. The number of hydrogen-bond acceptors (Lipinski definition) is 4. The molecule has 128 valence electrons. The topological polar surface area (TPSA) is 64.1 Å². The lowest BCUT2D eigenvalue weighted by Crippen LogP contribution is -2.19. The number of aromatic nitrogens is 2. The summed E-state index contributed by atoms with van der Waals surface area (Å²) in [4.78, 5) is 20.2. The summed E-state index contributed by atoms with van der Waals surface area (Å²) in [7, 11) is 0. The summed E-state index contributed by atoms with van der Waals surface area (Å²) in [5.41, 5.74) is 0.650. The number of nitrogens with zero attached hydrogens (tertiary/aromatic N) is 2. The fourth-order valence-corrected chi connectivity index (χ4v) is 1.88. The van der Waals surface area contributed by atoms with Crippen molar-refractivity contribution < 1.29 is 22.7 Å². The van der Waals surface area contributed by atoms with E-state index in [9.17, 15) is 18.0 Å². The van der Waals surface area contributed by atoms with Crippen LogP contribution in [0.15, 0.2) is 36.5 Å². The minimum atomic E-state index is -4.38. The van der Waals surface area contributed by atoms with Crippen LogP contribution in [0.5, 0.6) is 5.75 Å². The van der Waals surface area contributed by atoms with Gasteiger partial charge in [-0.3, -0.25) is 4.79 Å². The number of rotatable bonds is 6. The molecule has 0 unspecified atom stereocenters. The Kier molecular flexibility index (Phi) is 5.73. The predicted octanol–water partition coefficient (Wildman–Crippen LogP) is 3.16. The quantitative estimate of drug-likeness (QED) is 0.878. The van der Waals surface area contributed by atoms with Gasteiger partial charge in [0, 0.05) is 12.6 Å². The Morgan fingerprint density at radius 1 is 1.21 bits per heavy atom. The second kappa shape index (κ2) is 7.76. The minimum Gasteiger partial charge on any atom is -0.484 e. The van der Waals surface area contributed by atoms with Crippen molar-refractivity contribution in [1.29, 1.82) is 0 Å². The normalized spacial score (nSPS) is 11.2. The molecule has 8 heteroatoms. The first-order chi connectivity index (χ1) is 11.4. The molecule has 1 aromatic heterocycles. The molecule has 0 saturated carbocycles. The van der Waals surface area contributed by atoms with Crippen LogP contribution >= 0.6 is 0 Å². The number of nitrogens with one attached hydrogen (secondary N) is 1. The second-order valence-corrected chi connectivity index (χ2v) is 4.98. The van der Waals surface area contributed by atoms with Gasteiger partial charge in [0.25, 0.3) is 0 Å². The van der Waals surface area contributed by atoms with E-state index in [-0.39, 0.29) is 18.1 Å². The molecule has 0 saturated heterocycles. The molecule has 2 rings (SSSR count). The lowest BCUT2D eigenvalue weighted by atomic mass is 10.1. The molecule has 0 atom stereocenters. The first-order valence-electron chi connectivity index (χ1n) is 7.26. The molecule has 1 heterocycles. The summed E-state index contributed by atoms with van der Waals surface area (Å²) in [5.74, 6) is 0.857. The van der Waals surface area contributed by atoms with Crippen molar-refractivity contribution in [2.75, 3.05) is 11.9 Å². The van der Waals surface area contributed by atoms with Crippen molar-refractivity contribution in [3.05, 3.63) is 47.9 Å². The SMILES string of the molecule is CCc1nccc(NC(=O)Cc2ccc(OCC(F)(F)F)cc2)n1. The molecule has 5 nitrogen and oxygen atoms in total. The Morgan fingerprint density at radius 3 is 2.54 bits per heavy atom. The summed E-state index contributed by atoms with van der Waals surface area (Å²) in [6.07, 6.45) is -2.09. The van der Waals surface area contributed by atoms with Gasteiger partial charge in [0.2, 0.25) is 5.91 Å². The lowest BCUT2D eigenvalue weighted by Gasteiger charge is -2.09. The zero-order valence-electron chi connectivity index (χ0n) is 12.9. The maximum absolute atomic E-state index is 12.1. The van der Waals surface area contributed by atoms with Crippen LogP contribution in [0.1, 0.15) is 18.3 Å². The highest BCUT2D eigenvalue weighted by Gasteiger charge is 2.28. The van der Waals surface area contributed by atoms with Crippen molar-refractivity contribution in [3.8, 4) is 5.75 Å². The van der Waals surface area contributed by atoms with E-state index in [0.717, 1.165) is 0 Å². The Labute approximate surface area is 136 Å². The first kappa shape index (κ1) is 17.7. The van der Waals surface area contributed by atoms with Crippen LogP contribution in [0, 0.1) is 0 Å². The highest BCUT2D eigenvalue weighted by molar-refractivity contribution is 5.91. The third-order valence-corrected chi connectivity index (χ3v) is 2.98. The van der Waals surface area contributed by atoms with Gasteiger partial charge in [-0.2, -0.15) is 13.2 Å². The second-order valence-electron chi connectivity index (χ2n) is 4.98. The molecule has 2 aromatic rings. The van der Waals surface area contributed by atoms with Crippen LogP contribution in [0.25, 0.3) is 0 Å². The minimum absolute atomic E-state index is 0.0744. The van der Waals surface area contributed by atoms with Gasteiger partial charge in [0.05, 0.1) is 6.42 Å². The van der Waals surface area contributed by atoms with Crippen molar-refractivity contribution in [3.63, 3.8) is 0 Å². The molecular weight excluding hydrogens is 323 g/mol. The first-order valence-corrected chi connectivity index (χ1v) is 7.26. The highest BCUT2D eigenvalue weighted by atomic mass is 19.4. The van der Waals surface area contributed by atoms with Gasteiger partial charge < -0.3 is 10.1 Å². The fourth-order valence-electron chi connectivity index (χ4n) is 1.88. The maximum Gasteiger partial charge on any atom is 0.422 e. The van der Waals surface area contributed by atoms with E-state index in [2.05, 4.69) is 20.0 Å². The van der Waals surface area contributed by atoms with Gasteiger partial charge in [-0.15, -0.1) is 0 Å². The van der Waals surface area contributed by atoms with Crippen molar-refractivity contribution in [1.82, 2.24) is 9.97 Å². The summed E-state index contributed by atoms with van der Waals surface area (Å²) in [6, 6.07) is 7.47. The molecule has 0 bridgehead atoms. The van der Waals surface area contributed by atoms with Crippen molar-refractivity contribution in [2.45, 2.75) is 25.9 Å². The molecule has 1 N–H and O–H groups in total. The van der Waals surface area contributed by atoms with E-state index in [1.807, 2.05) is 6.92 Å². The number of carbonyl (C=O) groups excluding carboxylic acids is 1. The summed E-state index contributed by atoms with van der Waals surface area (Å²) >= 11 is 0. The standard InChI is InChI=1S/C16H16F3N3O2/c1-2-13-20-8-7-14(21-13)22-15(23)9-11-3-5-12(6-4-11)24-10-16(17,18)19/h3-8H,2,9-10H2,1H3,(H,20,21,22,23). The van der Waals surface area contributed by atoms with Gasteiger partial charge >= 0.3 is 6.18 Å². The molecule has 0 aliphatic heterocycles. The maximum atomic E-state index is 12.1.